The zero-order chi connectivity index (χ0) is 18.1. The van der Waals surface area contributed by atoms with Gasteiger partial charge in [0.2, 0.25) is 5.91 Å². The van der Waals surface area contributed by atoms with Crippen LogP contribution in [0.5, 0.6) is 0 Å². The van der Waals surface area contributed by atoms with Crippen LogP contribution < -0.4 is 10.6 Å². The Morgan fingerprint density at radius 3 is 2.73 bits per heavy atom. The van der Waals surface area contributed by atoms with Gasteiger partial charge in [0.1, 0.15) is 0 Å². The molecule has 1 saturated heterocycles. The van der Waals surface area contributed by atoms with E-state index in [4.69, 9.17) is 0 Å². The normalized spacial score (nSPS) is 14.3. The Hall–Kier alpha value is -1.31. The maximum absolute atomic E-state index is 11.6. The molecule has 1 fully saturated rings. The van der Waals surface area contributed by atoms with Gasteiger partial charge in [-0.25, -0.2) is 0 Å². The molecule has 0 atom stereocenters. The van der Waals surface area contributed by atoms with E-state index in [1.165, 1.54) is 16.7 Å². The summed E-state index contributed by atoms with van der Waals surface area (Å²) in [7, 11) is 0. The molecular formula is C20H33IN4O. The molecule has 2 N–H and O–H groups in total. The zero-order valence-corrected chi connectivity index (χ0v) is 18.6. The van der Waals surface area contributed by atoms with Gasteiger partial charge in [0.05, 0.1) is 0 Å². The van der Waals surface area contributed by atoms with Crippen molar-refractivity contribution in [2.75, 3.05) is 32.7 Å². The molecule has 5 nitrogen and oxygen atoms in total. The number of guanidine groups is 1. The number of nitrogens with zero attached hydrogens (tertiary/aromatic N) is 2. The molecule has 1 amide bonds. The first-order valence-electron chi connectivity index (χ1n) is 9.46. The first kappa shape index (κ1) is 22.7. The molecule has 1 aromatic carbocycles. The molecule has 6 heteroatoms. The average Bonchev–Trinajstić information content (AvgIpc) is 2.98. The third kappa shape index (κ3) is 7.51. The monoisotopic (exact) mass is 472 g/mol. The summed E-state index contributed by atoms with van der Waals surface area (Å²) in [4.78, 5) is 18.2. The molecule has 146 valence electrons. The van der Waals surface area contributed by atoms with Gasteiger partial charge in [0, 0.05) is 39.1 Å². The van der Waals surface area contributed by atoms with E-state index in [2.05, 4.69) is 54.6 Å². The number of rotatable bonds is 8. The molecule has 0 bridgehead atoms. The fourth-order valence-electron chi connectivity index (χ4n) is 3.18. The lowest BCUT2D eigenvalue weighted by atomic mass is 10.0. The van der Waals surface area contributed by atoms with Crippen molar-refractivity contribution in [1.82, 2.24) is 15.5 Å². The Balaban J connectivity index is 0.00000338. The summed E-state index contributed by atoms with van der Waals surface area (Å²) in [5.74, 6) is 1.16. The predicted octanol–water partition coefficient (Wildman–Crippen LogP) is 3.03. The second-order valence-corrected chi connectivity index (χ2v) is 6.71. The fraction of sp³-hybridized carbons (Fsp3) is 0.600. The molecule has 0 radical (unpaired) electrons. The van der Waals surface area contributed by atoms with E-state index in [9.17, 15) is 4.79 Å². The van der Waals surface area contributed by atoms with Gasteiger partial charge in [-0.15, -0.1) is 24.0 Å². The Labute approximate surface area is 175 Å². The molecule has 1 aromatic rings. The molecule has 0 unspecified atom stereocenters. The van der Waals surface area contributed by atoms with E-state index in [0.29, 0.717) is 12.3 Å². The summed E-state index contributed by atoms with van der Waals surface area (Å²) in [6, 6.07) is 6.61. The number of benzene rings is 1. The number of aryl methyl sites for hydroxylation is 2. The Morgan fingerprint density at radius 1 is 1.27 bits per heavy atom. The van der Waals surface area contributed by atoms with Crippen LogP contribution in [0.15, 0.2) is 23.2 Å². The van der Waals surface area contributed by atoms with Gasteiger partial charge in [0.25, 0.3) is 0 Å². The van der Waals surface area contributed by atoms with Crippen LogP contribution in [0.2, 0.25) is 0 Å². The van der Waals surface area contributed by atoms with Gasteiger partial charge in [-0.2, -0.15) is 0 Å². The number of amides is 1. The van der Waals surface area contributed by atoms with Crippen LogP contribution >= 0.6 is 24.0 Å². The quantitative estimate of drug-likeness (QED) is 0.265. The van der Waals surface area contributed by atoms with Crippen molar-refractivity contribution < 1.29 is 4.79 Å². The van der Waals surface area contributed by atoms with Crippen molar-refractivity contribution in [3.05, 3.63) is 34.9 Å². The number of hydrogen-bond donors (Lipinski definition) is 2. The van der Waals surface area contributed by atoms with Crippen LogP contribution in [-0.4, -0.2) is 49.5 Å². The number of nitrogens with one attached hydrogen (secondary N) is 2. The van der Waals surface area contributed by atoms with Crippen LogP contribution in [0.25, 0.3) is 0 Å². The number of carbonyl (C=O) groups is 1. The Bertz CT molecular complexity index is 603. The summed E-state index contributed by atoms with van der Waals surface area (Å²) in [6.07, 6.45) is 3.62. The molecule has 1 aliphatic heterocycles. The molecule has 1 aliphatic rings. The standard InChI is InChI=1S/C20H32N4O.HI/c1-4-21-20(22-11-6-14-24-13-5-7-19(24)25)23-12-10-18-9-8-16(2)15-17(18)3;/h8-9,15H,4-7,10-14H2,1-3H3,(H2,21,22,23);1H. The van der Waals surface area contributed by atoms with E-state index < -0.39 is 0 Å². The van der Waals surface area contributed by atoms with Gasteiger partial charge in [-0.1, -0.05) is 23.8 Å². The van der Waals surface area contributed by atoms with Crippen LogP contribution in [0.4, 0.5) is 0 Å². The molecular weight excluding hydrogens is 439 g/mol. The minimum Gasteiger partial charge on any atom is -0.357 e. The number of likely N-dealkylation sites (tertiary alicyclic amines) is 1. The number of aliphatic imine (C=N–C) groups is 1. The van der Waals surface area contributed by atoms with Crippen LogP contribution in [-0.2, 0) is 11.2 Å². The van der Waals surface area contributed by atoms with Gasteiger partial charge in [-0.05, 0) is 51.2 Å². The van der Waals surface area contributed by atoms with E-state index in [0.717, 1.165) is 57.9 Å². The smallest absolute Gasteiger partial charge is 0.222 e. The molecule has 0 aromatic heterocycles. The van der Waals surface area contributed by atoms with Crippen LogP contribution in [0.3, 0.4) is 0 Å². The second kappa shape index (κ2) is 12.1. The van der Waals surface area contributed by atoms with Crippen molar-refractivity contribution >= 4 is 35.8 Å². The number of carbonyl (C=O) groups excluding carboxylic acids is 1. The van der Waals surface area contributed by atoms with Crippen LogP contribution in [0, 0.1) is 13.8 Å². The van der Waals surface area contributed by atoms with Crippen LogP contribution in [0.1, 0.15) is 42.9 Å². The fourth-order valence-corrected chi connectivity index (χ4v) is 3.18. The van der Waals surface area contributed by atoms with E-state index in [-0.39, 0.29) is 24.0 Å². The van der Waals surface area contributed by atoms with Gasteiger partial charge in [-0.3, -0.25) is 9.79 Å². The summed E-state index contributed by atoms with van der Waals surface area (Å²) < 4.78 is 0. The highest BCUT2D eigenvalue weighted by Crippen LogP contribution is 2.11. The summed E-state index contributed by atoms with van der Waals surface area (Å²) in [6.45, 7) is 10.6. The Kier molecular flexibility index (Phi) is 10.6. The highest BCUT2D eigenvalue weighted by molar-refractivity contribution is 14.0. The van der Waals surface area contributed by atoms with Gasteiger partial charge < -0.3 is 15.5 Å². The number of hydrogen-bond acceptors (Lipinski definition) is 2. The average molecular weight is 472 g/mol. The maximum Gasteiger partial charge on any atom is 0.222 e. The second-order valence-electron chi connectivity index (χ2n) is 6.71. The summed E-state index contributed by atoms with van der Waals surface area (Å²) in [5.41, 5.74) is 4.03. The molecule has 2 rings (SSSR count). The lowest BCUT2D eigenvalue weighted by Gasteiger charge is -2.15. The lowest BCUT2D eigenvalue weighted by Crippen LogP contribution is -2.38. The largest absolute Gasteiger partial charge is 0.357 e. The topological polar surface area (TPSA) is 56.7 Å². The summed E-state index contributed by atoms with van der Waals surface area (Å²) in [5, 5.41) is 6.69. The van der Waals surface area contributed by atoms with E-state index >= 15 is 0 Å². The molecule has 26 heavy (non-hydrogen) atoms. The van der Waals surface area contributed by atoms with Gasteiger partial charge in [0.15, 0.2) is 5.96 Å². The minimum absolute atomic E-state index is 0. The van der Waals surface area contributed by atoms with Gasteiger partial charge >= 0.3 is 0 Å². The maximum atomic E-state index is 11.6. The van der Waals surface area contributed by atoms with E-state index in [1.807, 2.05) is 4.90 Å². The SMILES string of the molecule is CCNC(=NCCCN1CCCC1=O)NCCc1ccc(C)cc1C.I. The van der Waals surface area contributed by atoms with Crippen molar-refractivity contribution in [1.29, 1.82) is 0 Å². The molecule has 0 saturated carbocycles. The van der Waals surface area contributed by atoms with Crippen molar-refractivity contribution in [3.8, 4) is 0 Å². The first-order valence-corrected chi connectivity index (χ1v) is 9.46. The predicted molar refractivity (Wildman–Crippen MR) is 119 cm³/mol. The third-order valence-corrected chi connectivity index (χ3v) is 4.56. The van der Waals surface area contributed by atoms with Crippen molar-refractivity contribution in [2.45, 2.75) is 46.5 Å². The molecule has 1 heterocycles. The molecule has 0 aliphatic carbocycles. The number of halogens is 1. The lowest BCUT2D eigenvalue weighted by molar-refractivity contribution is -0.127. The van der Waals surface area contributed by atoms with Crippen molar-refractivity contribution in [2.24, 2.45) is 4.99 Å². The van der Waals surface area contributed by atoms with Crippen molar-refractivity contribution in [3.63, 3.8) is 0 Å². The third-order valence-electron chi connectivity index (χ3n) is 4.56. The zero-order valence-electron chi connectivity index (χ0n) is 16.3. The highest BCUT2D eigenvalue weighted by Gasteiger charge is 2.18. The summed E-state index contributed by atoms with van der Waals surface area (Å²) >= 11 is 0. The minimum atomic E-state index is 0. The van der Waals surface area contributed by atoms with E-state index in [1.54, 1.807) is 0 Å². The first-order chi connectivity index (χ1) is 12.1. The molecule has 0 spiro atoms. The highest BCUT2D eigenvalue weighted by atomic mass is 127. The Morgan fingerprint density at radius 2 is 2.08 bits per heavy atom.